The molecule has 0 amide bonds. The number of rotatable bonds is 10. The summed E-state index contributed by atoms with van der Waals surface area (Å²) in [6, 6.07) is 9.18. The largest absolute Gasteiger partial charge is 0.490 e. The number of anilines is 1. The molecule has 28 heavy (non-hydrogen) atoms. The third-order valence-corrected chi connectivity index (χ3v) is 3.56. The second kappa shape index (κ2) is 9.91. The maximum Gasteiger partial charge on any atom is 0.337 e. The van der Waals surface area contributed by atoms with E-state index in [0.717, 1.165) is 0 Å². The van der Waals surface area contributed by atoms with Gasteiger partial charge in [-0.05, 0) is 31.5 Å². The van der Waals surface area contributed by atoms with E-state index in [1.165, 1.54) is 18.3 Å². The fraction of sp³-hybridized carbons (Fsp3) is 0.263. The number of carbonyl (C=O) groups is 1. The second-order valence-corrected chi connectivity index (χ2v) is 5.63. The molecule has 2 rings (SSSR count). The van der Waals surface area contributed by atoms with Crippen LogP contribution >= 0.6 is 0 Å². The zero-order chi connectivity index (χ0) is 20.5. The number of ether oxygens (including phenoxy) is 2. The van der Waals surface area contributed by atoms with Crippen LogP contribution in [0.15, 0.2) is 41.5 Å². The number of aromatic carboxylic acids is 1. The summed E-state index contributed by atoms with van der Waals surface area (Å²) in [7, 11) is 0. The first-order chi connectivity index (χ1) is 13.5. The summed E-state index contributed by atoms with van der Waals surface area (Å²) in [5, 5.41) is 24.6. The average molecular weight is 387 g/mol. The molecule has 9 heteroatoms. The lowest BCUT2D eigenvalue weighted by Crippen LogP contribution is -2.05. The third kappa shape index (κ3) is 5.19. The minimum absolute atomic E-state index is 0.0592. The summed E-state index contributed by atoms with van der Waals surface area (Å²) < 4.78 is 11.0. The van der Waals surface area contributed by atoms with E-state index in [-0.39, 0.29) is 22.7 Å². The molecule has 0 radical (unpaired) electrons. The molecule has 148 valence electrons. The summed E-state index contributed by atoms with van der Waals surface area (Å²) in [4.78, 5) is 22.1. The van der Waals surface area contributed by atoms with Crippen LogP contribution in [0.4, 0.5) is 11.4 Å². The minimum atomic E-state index is -1.09. The van der Waals surface area contributed by atoms with Gasteiger partial charge in [0.1, 0.15) is 0 Å². The van der Waals surface area contributed by atoms with E-state index in [2.05, 4.69) is 10.5 Å². The number of hydrogen-bond donors (Lipinski definition) is 2. The lowest BCUT2D eigenvalue weighted by atomic mass is 10.2. The molecule has 0 heterocycles. The van der Waals surface area contributed by atoms with E-state index in [9.17, 15) is 20.0 Å². The average Bonchev–Trinajstić information content (AvgIpc) is 2.67. The molecule has 0 aliphatic heterocycles. The Balaban J connectivity index is 2.34. The van der Waals surface area contributed by atoms with E-state index in [1.807, 2.05) is 6.92 Å². The number of hydrogen-bond acceptors (Lipinski definition) is 7. The topological polar surface area (TPSA) is 123 Å². The molecular weight excluding hydrogens is 366 g/mol. The van der Waals surface area contributed by atoms with Crippen molar-refractivity contribution in [3.63, 3.8) is 0 Å². The Hall–Kier alpha value is -3.62. The van der Waals surface area contributed by atoms with Crippen LogP contribution in [0.1, 0.15) is 36.2 Å². The van der Waals surface area contributed by atoms with Crippen molar-refractivity contribution in [2.45, 2.75) is 20.3 Å². The maximum atomic E-state index is 11.5. The van der Waals surface area contributed by atoms with Gasteiger partial charge in [-0.15, -0.1) is 0 Å². The van der Waals surface area contributed by atoms with E-state index in [1.54, 1.807) is 31.2 Å². The standard InChI is InChI=1S/C19H21N3O6/c1-3-9-28-18-16(22(25)26)10-13(11-17(18)27-4-2)12-20-21-15-8-6-5-7-14(15)19(23)24/h5-8,10-12,21H,3-4,9H2,1-2H3,(H,23,24). The normalized spacial score (nSPS) is 10.6. The van der Waals surface area contributed by atoms with Crippen LogP contribution < -0.4 is 14.9 Å². The van der Waals surface area contributed by atoms with Crippen molar-refractivity contribution < 1.29 is 24.3 Å². The highest BCUT2D eigenvalue weighted by molar-refractivity contribution is 5.94. The fourth-order valence-electron chi connectivity index (χ4n) is 2.37. The lowest BCUT2D eigenvalue weighted by Gasteiger charge is -2.12. The molecule has 0 saturated carbocycles. The molecule has 2 N–H and O–H groups in total. The summed E-state index contributed by atoms with van der Waals surface area (Å²) in [5.74, 6) is -0.766. The molecule has 9 nitrogen and oxygen atoms in total. The molecule has 0 aromatic heterocycles. The predicted molar refractivity (Wildman–Crippen MR) is 105 cm³/mol. The Kier molecular flexibility index (Phi) is 7.32. The summed E-state index contributed by atoms with van der Waals surface area (Å²) in [6.45, 7) is 4.29. The highest BCUT2D eigenvalue weighted by atomic mass is 16.6. The minimum Gasteiger partial charge on any atom is -0.490 e. The van der Waals surface area contributed by atoms with Crippen LogP contribution in [0.25, 0.3) is 0 Å². The number of nitrogens with zero attached hydrogens (tertiary/aromatic N) is 2. The van der Waals surface area contributed by atoms with Crippen LogP contribution in [0.5, 0.6) is 11.5 Å². The number of nitro benzene ring substituents is 1. The number of benzene rings is 2. The van der Waals surface area contributed by atoms with Gasteiger partial charge in [-0.2, -0.15) is 5.10 Å². The molecule has 2 aromatic rings. The SMILES string of the molecule is CCCOc1c(OCC)cc(C=NNc2ccccc2C(=O)O)cc1[N+](=O)[O-]. The van der Waals surface area contributed by atoms with Crippen molar-refractivity contribution in [2.75, 3.05) is 18.6 Å². The van der Waals surface area contributed by atoms with E-state index >= 15 is 0 Å². The van der Waals surface area contributed by atoms with Gasteiger partial charge in [0.25, 0.3) is 0 Å². The predicted octanol–water partition coefficient (Wildman–Crippen LogP) is 3.93. The van der Waals surface area contributed by atoms with E-state index < -0.39 is 10.9 Å². The van der Waals surface area contributed by atoms with Crippen LogP contribution in [0, 0.1) is 10.1 Å². The number of carboxylic acid groups (broad SMARTS) is 1. The van der Waals surface area contributed by atoms with Crippen molar-refractivity contribution in [1.29, 1.82) is 0 Å². The maximum absolute atomic E-state index is 11.5. The van der Waals surface area contributed by atoms with Crippen LogP contribution in [-0.4, -0.2) is 35.4 Å². The quantitative estimate of drug-likeness (QED) is 0.360. The molecule has 0 unspecified atom stereocenters. The summed E-state index contributed by atoms with van der Waals surface area (Å²) in [6.07, 6.45) is 2.04. The molecular formula is C19H21N3O6. The molecule has 0 fully saturated rings. The second-order valence-electron chi connectivity index (χ2n) is 5.63. The summed E-state index contributed by atoms with van der Waals surface area (Å²) in [5.41, 5.74) is 3.17. The Bertz CT molecular complexity index is 882. The monoisotopic (exact) mass is 387 g/mol. The van der Waals surface area contributed by atoms with Crippen molar-refractivity contribution >= 4 is 23.6 Å². The van der Waals surface area contributed by atoms with Crippen LogP contribution in [0.3, 0.4) is 0 Å². The van der Waals surface area contributed by atoms with E-state index in [0.29, 0.717) is 30.9 Å². The van der Waals surface area contributed by atoms with Crippen molar-refractivity contribution in [3.05, 3.63) is 57.6 Å². The van der Waals surface area contributed by atoms with Gasteiger partial charge < -0.3 is 14.6 Å². The molecule has 0 saturated heterocycles. The third-order valence-electron chi connectivity index (χ3n) is 3.56. The van der Waals surface area contributed by atoms with Crippen LogP contribution in [-0.2, 0) is 0 Å². The zero-order valence-electron chi connectivity index (χ0n) is 15.5. The Morgan fingerprint density at radius 3 is 2.68 bits per heavy atom. The summed E-state index contributed by atoms with van der Waals surface area (Å²) >= 11 is 0. The smallest absolute Gasteiger partial charge is 0.337 e. The molecule has 0 aliphatic rings. The van der Waals surface area contributed by atoms with Crippen molar-refractivity contribution in [2.24, 2.45) is 5.10 Å². The number of nitro groups is 1. The number of para-hydroxylation sites is 1. The number of carboxylic acids is 1. The molecule has 0 aliphatic carbocycles. The Labute approximate surface area is 161 Å². The van der Waals surface area contributed by atoms with Gasteiger partial charge in [0.15, 0.2) is 5.75 Å². The first kappa shape index (κ1) is 20.7. The molecule has 2 aromatic carbocycles. The molecule has 0 bridgehead atoms. The van der Waals surface area contributed by atoms with Gasteiger partial charge in [0, 0.05) is 11.6 Å². The first-order valence-corrected chi connectivity index (χ1v) is 8.67. The number of nitrogens with one attached hydrogen (secondary N) is 1. The molecule has 0 atom stereocenters. The Morgan fingerprint density at radius 2 is 2.04 bits per heavy atom. The van der Waals surface area contributed by atoms with Gasteiger partial charge in [0.05, 0.1) is 35.6 Å². The van der Waals surface area contributed by atoms with Gasteiger partial charge >= 0.3 is 11.7 Å². The highest BCUT2D eigenvalue weighted by Crippen LogP contribution is 2.38. The fourth-order valence-corrected chi connectivity index (χ4v) is 2.37. The lowest BCUT2D eigenvalue weighted by molar-refractivity contribution is -0.386. The zero-order valence-corrected chi connectivity index (χ0v) is 15.5. The van der Waals surface area contributed by atoms with Gasteiger partial charge in [-0.1, -0.05) is 19.1 Å². The number of hydrazone groups is 1. The van der Waals surface area contributed by atoms with Gasteiger partial charge in [0.2, 0.25) is 5.75 Å². The Morgan fingerprint density at radius 1 is 1.29 bits per heavy atom. The van der Waals surface area contributed by atoms with Crippen LogP contribution in [0.2, 0.25) is 0 Å². The van der Waals surface area contributed by atoms with Gasteiger partial charge in [-0.25, -0.2) is 4.79 Å². The molecule has 0 spiro atoms. The van der Waals surface area contributed by atoms with E-state index in [4.69, 9.17) is 9.47 Å². The highest BCUT2D eigenvalue weighted by Gasteiger charge is 2.22. The van der Waals surface area contributed by atoms with Crippen molar-refractivity contribution in [3.8, 4) is 11.5 Å². The van der Waals surface area contributed by atoms with Crippen molar-refractivity contribution in [1.82, 2.24) is 0 Å². The first-order valence-electron chi connectivity index (χ1n) is 8.67. The van der Waals surface area contributed by atoms with Gasteiger partial charge in [-0.3, -0.25) is 15.5 Å².